The number of carbonyl (C=O) groups excluding carboxylic acids is 1. The average Bonchev–Trinajstić information content (AvgIpc) is 2.34. The van der Waals surface area contributed by atoms with E-state index in [2.05, 4.69) is 5.32 Å². The fourth-order valence-electron chi connectivity index (χ4n) is 1.58. The zero-order valence-corrected chi connectivity index (χ0v) is 10.6. The number of aryl methyl sites for hydroxylation is 2. The van der Waals surface area contributed by atoms with Crippen molar-refractivity contribution in [3.8, 4) is 0 Å². The van der Waals surface area contributed by atoms with Crippen LogP contribution in [0.5, 0.6) is 0 Å². The first-order chi connectivity index (χ1) is 8.56. The Labute approximate surface area is 106 Å². The molecule has 1 aromatic carbocycles. The number of benzene rings is 1. The SMILES string of the molecule is Cc1cc(C(=O)NCCOCCO)cc(C)c1F. The van der Waals surface area contributed by atoms with E-state index in [1.165, 1.54) is 12.1 Å². The zero-order valence-electron chi connectivity index (χ0n) is 10.6. The van der Waals surface area contributed by atoms with Crippen LogP contribution in [-0.2, 0) is 4.74 Å². The van der Waals surface area contributed by atoms with Crippen molar-refractivity contribution in [1.82, 2.24) is 5.32 Å². The minimum atomic E-state index is -0.280. The minimum Gasteiger partial charge on any atom is -0.394 e. The highest BCUT2D eigenvalue weighted by Gasteiger charge is 2.09. The van der Waals surface area contributed by atoms with Crippen LogP contribution in [0.4, 0.5) is 4.39 Å². The van der Waals surface area contributed by atoms with E-state index in [1.54, 1.807) is 13.8 Å². The summed E-state index contributed by atoms with van der Waals surface area (Å²) in [6.07, 6.45) is 0. The molecule has 1 aromatic rings. The molecular formula is C13H18FNO3. The summed E-state index contributed by atoms with van der Waals surface area (Å²) in [6.45, 7) is 4.17. The molecule has 0 heterocycles. The van der Waals surface area contributed by atoms with E-state index in [-0.39, 0.29) is 24.9 Å². The van der Waals surface area contributed by atoms with Gasteiger partial charge in [-0.1, -0.05) is 0 Å². The molecule has 1 rings (SSSR count). The van der Waals surface area contributed by atoms with Crippen LogP contribution in [0.3, 0.4) is 0 Å². The standard InChI is InChI=1S/C13H18FNO3/c1-9-7-11(8-10(2)12(9)14)13(17)15-3-5-18-6-4-16/h7-8,16H,3-6H2,1-2H3,(H,15,17). The number of aliphatic hydroxyl groups excluding tert-OH is 1. The zero-order chi connectivity index (χ0) is 13.5. The average molecular weight is 255 g/mol. The van der Waals surface area contributed by atoms with Gasteiger partial charge in [-0.3, -0.25) is 4.79 Å². The van der Waals surface area contributed by atoms with Gasteiger partial charge in [0.15, 0.2) is 0 Å². The highest BCUT2D eigenvalue weighted by atomic mass is 19.1. The molecule has 0 aliphatic rings. The summed E-state index contributed by atoms with van der Waals surface area (Å²) in [5, 5.41) is 11.2. The highest BCUT2D eigenvalue weighted by molar-refractivity contribution is 5.94. The molecule has 2 N–H and O–H groups in total. The van der Waals surface area contributed by atoms with Crippen molar-refractivity contribution in [2.24, 2.45) is 0 Å². The topological polar surface area (TPSA) is 58.6 Å². The minimum absolute atomic E-state index is 0.0374. The van der Waals surface area contributed by atoms with Crippen LogP contribution in [-0.4, -0.2) is 37.4 Å². The highest BCUT2D eigenvalue weighted by Crippen LogP contribution is 2.14. The largest absolute Gasteiger partial charge is 0.394 e. The third-order valence-corrected chi connectivity index (χ3v) is 2.47. The summed E-state index contributed by atoms with van der Waals surface area (Å²) < 4.78 is 18.4. The van der Waals surface area contributed by atoms with Gasteiger partial charge in [-0.05, 0) is 37.1 Å². The van der Waals surface area contributed by atoms with Gasteiger partial charge in [0.05, 0.1) is 19.8 Å². The van der Waals surface area contributed by atoms with Gasteiger partial charge in [0, 0.05) is 12.1 Å². The molecule has 0 aromatic heterocycles. The Morgan fingerprint density at radius 3 is 2.50 bits per heavy atom. The second-order valence-corrected chi connectivity index (χ2v) is 4.02. The van der Waals surface area contributed by atoms with Gasteiger partial charge in [0.25, 0.3) is 5.91 Å². The number of ether oxygens (including phenoxy) is 1. The third-order valence-electron chi connectivity index (χ3n) is 2.47. The van der Waals surface area contributed by atoms with Gasteiger partial charge in [-0.15, -0.1) is 0 Å². The molecule has 18 heavy (non-hydrogen) atoms. The van der Waals surface area contributed by atoms with Crippen molar-refractivity contribution in [3.05, 3.63) is 34.6 Å². The molecule has 0 unspecified atom stereocenters. The summed E-state index contributed by atoms with van der Waals surface area (Å²) in [7, 11) is 0. The first kappa shape index (κ1) is 14.6. The summed E-state index contributed by atoms with van der Waals surface area (Å²) in [4.78, 5) is 11.8. The fourth-order valence-corrected chi connectivity index (χ4v) is 1.58. The van der Waals surface area contributed by atoms with Crippen molar-refractivity contribution < 1.29 is 19.0 Å². The Morgan fingerprint density at radius 2 is 1.94 bits per heavy atom. The van der Waals surface area contributed by atoms with E-state index in [0.29, 0.717) is 29.8 Å². The molecule has 0 spiro atoms. The molecule has 0 aliphatic carbocycles. The normalized spacial score (nSPS) is 10.4. The molecule has 0 aliphatic heterocycles. The Hall–Kier alpha value is -1.46. The predicted molar refractivity (Wildman–Crippen MR) is 66.1 cm³/mol. The molecule has 4 nitrogen and oxygen atoms in total. The van der Waals surface area contributed by atoms with Crippen LogP contribution < -0.4 is 5.32 Å². The van der Waals surface area contributed by atoms with Crippen LogP contribution in [0.1, 0.15) is 21.5 Å². The van der Waals surface area contributed by atoms with E-state index in [0.717, 1.165) is 0 Å². The summed E-state index contributed by atoms with van der Waals surface area (Å²) >= 11 is 0. The predicted octanol–water partition coefficient (Wildman–Crippen LogP) is 1.18. The molecule has 1 amide bonds. The van der Waals surface area contributed by atoms with Crippen molar-refractivity contribution in [3.63, 3.8) is 0 Å². The van der Waals surface area contributed by atoms with Gasteiger partial charge >= 0.3 is 0 Å². The van der Waals surface area contributed by atoms with Crippen molar-refractivity contribution in [1.29, 1.82) is 0 Å². The Kier molecular flexibility index (Phi) is 5.74. The number of carbonyl (C=O) groups is 1. The Balaban J connectivity index is 2.52. The fraction of sp³-hybridized carbons (Fsp3) is 0.462. The Morgan fingerprint density at radius 1 is 1.33 bits per heavy atom. The third kappa shape index (κ3) is 4.09. The maximum absolute atomic E-state index is 13.4. The van der Waals surface area contributed by atoms with Crippen LogP contribution in [0.25, 0.3) is 0 Å². The molecule has 100 valence electrons. The number of aliphatic hydroxyl groups is 1. The molecular weight excluding hydrogens is 237 g/mol. The summed E-state index contributed by atoms with van der Waals surface area (Å²) in [5.41, 5.74) is 1.35. The first-order valence-electron chi connectivity index (χ1n) is 5.79. The number of hydrogen-bond donors (Lipinski definition) is 2. The number of rotatable bonds is 6. The lowest BCUT2D eigenvalue weighted by Gasteiger charge is -2.08. The Bertz CT molecular complexity index is 398. The van der Waals surface area contributed by atoms with E-state index >= 15 is 0 Å². The van der Waals surface area contributed by atoms with Crippen LogP contribution >= 0.6 is 0 Å². The van der Waals surface area contributed by atoms with Crippen LogP contribution in [0, 0.1) is 19.7 Å². The van der Waals surface area contributed by atoms with Gasteiger partial charge in [-0.2, -0.15) is 0 Å². The number of halogens is 1. The summed E-state index contributed by atoms with van der Waals surface area (Å²) in [6, 6.07) is 3.04. The second-order valence-electron chi connectivity index (χ2n) is 4.02. The monoisotopic (exact) mass is 255 g/mol. The van der Waals surface area contributed by atoms with Gasteiger partial charge in [-0.25, -0.2) is 4.39 Å². The smallest absolute Gasteiger partial charge is 0.251 e. The number of nitrogens with one attached hydrogen (secondary N) is 1. The second kappa shape index (κ2) is 7.08. The molecule has 0 bridgehead atoms. The van der Waals surface area contributed by atoms with Crippen molar-refractivity contribution in [2.75, 3.05) is 26.4 Å². The maximum Gasteiger partial charge on any atom is 0.251 e. The first-order valence-corrected chi connectivity index (χ1v) is 5.79. The lowest BCUT2D eigenvalue weighted by Crippen LogP contribution is -2.27. The molecule has 0 fully saturated rings. The van der Waals surface area contributed by atoms with Crippen LogP contribution in [0.2, 0.25) is 0 Å². The molecule has 0 saturated heterocycles. The molecule has 5 heteroatoms. The lowest BCUT2D eigenvalue weighted by atomic mass is 10.1. The van der Waals surface area contributed by atoms with E-state index in [1.807, 2.05) is 0 Å². The van der Waals surface area contributed by atoms with Gasteiger partial charge < -0.3 is 15.2 Å². The molecule has 0 radical (unpaired) electrons. The van der Waals surface area contributed by atoms with E-state index in [9.17, 15) is 9.18 Å². The van der Waals surface area contributed by atoms with Crippen molar-refractivity contribution >= 4 is 5.91 Å². The number of amides is 1. The quantitative estimate of drug-likeness (QED) is 0.750. The maximum atomic E-state index is 13.4. The summed E-state index contributed by atoms with van der Waals surface area (Å²) in [5.74, 6) is -0.536. The van der Waals surface area contributed by atoms with E-state index < -0.39 is 0 Å². The van der Waals surface area contributed by atoms with Crippen molar-refractivity contribution in [2.45, 2.75) is 13.8 Å². The number of hydrogen-bond acceptors (Lipinski definition) is 3. The lowest BCUT2D eigenvalue weighted by molar-refractivity contribution is 0.0838. The van der Waals surface area contributed by atoms with Gasteiger partial charge in [0.2, 0.25) is 0 Å². The molecule has 0 saturated carbocycles. The van der Waals surface area contributed by atoms with Crippen LogP contribution in [0.15, 0.2) is 12.1 Å². The van der Waals surface area contributed by atoms with Gasteiger partial charge in [0.1, 0.15) is 5.82 Å². The molecule has 0 atom stereocenters. The van der Waals surface area contributed by atoms with E-state index in [4.69, 9.17) is 9.84 Å².